The van der Waals surface area contributed by atoms with E-state index in [1.54, 1.807) is 0 Å². The van der Waals surface area contributed by atoms with Gasteiger partial charge in [-0.05, 0) is 30.9 Å². The fourth-order valence-corrected chi connectivity index (χ4v) is 4.12. The zero-order valence-corrected chi connectivity index (χ0v) is 19.4. The Morgan fingerprint density at radius 1 is 0.939 bits per heavy atom. The molecular formula is C26H33N3O4. The molecule has 7 nitrogen and oxygen atoms in total. The van der Waals surface area contributed by atoms with Crippen molar-refractivity contribution in [2.75, 3.05) is 19.7 Å². The van der Waals surface area contributed by atoms with Crippen LogP contribution in [0.3, 0.4) is 0 Å². The summed E-state index contributed by atoms with van der Waals surface area (Å²) >= 11 is 0. The molecule has 0 bridgehead atoms. The Morgan fingerprint density at radius 2 is 1.61 bits per heavy atom. The van der Waals surface area contributed by atoms with Crippen molar-refractivity contribution < 1.29 is 19.1 Å². The lowest BCUT2D eigenvalue weighted by Crippen LogP contribution is -2.35. The summed E-state index contributed by atoms with van der Waals surface area (Å²) < 4.78 is 5.88. The van der Waals surface area contributed by atoms with E-state index in [9.17, 15) is 14.4 Å². The number of amides is 3. The van der Waals surface area contributed by atoms with Crippen LogP contribution in [0, 0.1) is 0 Å². The predicted octanol–water partition coefficient (Wildman–Crippen LogP) is 3.52. The van der Waals surface area contributed by atoms with Gasteiger partial charge in [0.25, 0.3) is 5.91 Å². The van der Waals surface area contributed by atoms with Crippen LogP contribution in [0.4, 0.5) is 0 Å². The summed E-state index contributed by atoms with van der Waals surface area (Å²) in [6.45, 7) is 4.99. The average Bonchev–Trinajstić information content (AvgIpc) is 3.36. The van der Waals surface area contributed by atoms with Crippen LogP contribution < -0.4 is 15.4 Å². The Hall–Kier alpha value is -3.35. The van der Waals surface area contributed by atoms with E-state index < -0.39 is 6.04 Å². The second-order valence-electron chi connectivity index (χ2n) is 8.31. The fraction of sp³-hybridized carbons (Fsp3) is 0.423. The van der Waals surface area contributed by atoms with Crippen LogP contribution in [0.1, 0.15) is 62.7 Å². The molecule has 1 aliphatic rings. The minimum absolute atomic E-state index is 0.0135. The minimum Gasteiger partial charge on any atom is -0.483 e. The van der Waals surface area contributed by atoms with E-state index in [2.05, 4.69) is 10.6 Å². The lowest BCUT2D eigenvalue weighted by Gasteiger charge is -2.23. The molecule has 0 aliphatic carbocycles. The van der Waals surface area contributed by atoms with Gasteiger partial charge in [0, 0.05) is 25.6 Å². The number of ether oxygens (including phenoxy) is 1. The number of nitrogens with zero attached hydrogens (tertiary/aromatic N) is 1. The van der Waals surface area contributed by atoms with Gasteiger partial charge in [0.1, 0.15) is 5.75 Å². The highest BCUT2D eigenvalue weighted by molar-refractivity contribution is 5.80. The van der Waals surface area contributed by atoms with Crippen molar-refractivity contribution >= 4 is 17.7 Å². The first-order chi connectivity index (χ1) is 16.0. The maximum absolute atomic E-state index is 12.9. The topological polar surface area (TPSA) is 87.7 Å². The molecule has 3 rings (SSSR count). The van der Waals surface area contributed by atoms with Crippen molar-refractivity contribution in [1.29, 1.82) is 0 Å². The summed E-state index contributed by atoms with van der Waals surface area (Å²) in [7, 11) is 0. The van der Waals surface area contributed by atoms with E-state index in [1.165, 1.54) is 6.92 Å². The van der Waals surface area contributed by atoms with E-state index in [1.807, 2.05) is 66.4 Å². The van der Waals surface area contributed by atoms with Crippen LogP contribution >= 0.6 is 0 Å². The van der Waals surface area contributed by atoms with Gasteiger partial charge in [0.15, 0.2) is 6.61 Å². The number of para-hydroxylation sites is 1. The number of benzene rings is 2. The molecule has 0 saturated carbocycles. The van der Waals surface area contributed by atoms with Gasteiger partial charge in [-0.25, -0.2) is 0 Å². The minimum atomic E-state index is -0.411. The van der Waals surface area contributed by atoms with Gasteiger partial charge in [0.05, 0.1) is 18.5 Å². The monoisotopic (exact) mass is 451 g/mol. The van der Waals surface area contributed by atoms with Crippen molar-refractivity contribution in [3.63, 3.8) is 0 Å². The third-order valence-electron chi connectivity index (χ3n) is 5.82. The standard InChI is InChI=1S/C26H33N3O4/c1-3-22(28-25(31)17-23(27-19(2)30)20-11-5-4-6-12-20)21-13-7-8-14-24(21)33-18-26(32)29-15-9-10-16-29/h4-8,11-14,22-23H,3,9-10,15-18H2,1-2H3,(H,27,30)(H,28,31). The number of carbonyl (C=O) groups is 3. The summed E-state index contributed by atoms with van der Waals surface area (Å²) in [5, 5.41) is 5.94. The van der Waals surface area contributed by atoms with Gasteiger partial charge < -0.3 is 20.3 Å². The van der Waals surface area contributed by atoms with Crippen molar-refractivity contribution in [2.24, 2.45) is 0 Å². The van der Waals surface area contributed by atoms with Crippen LogP contribution in [0.15, 0.2) is 54.6 Å². The second-order valence-corrected chi connectivity index (χ2v) is 8.31. The van der Waals surface area contributed by atoms with Crippen LogP contribution in [-0.4, -0.2) is 42.3 Å². The van der Waals surface area contributed by atoms with Gasteiger partial charge in [-0.2, -0.15) is 0 Å². The summed E-state index contributed by atoms with van der Waals surface area (Å²) in [6, 6.07) is 16.2. The van der Waals surface area contributed by atoms with Gasteiger partial charge in [0.2, 0.25) is 11.8 Å². The molecular weight excluding hydrogens is 418 g/mol. The maximum atomic E-state index is 12.9. The zero-order chi connectivity index (χ0) is 23.6. The fourth-order valence-electron chi connectivity index (χ4n) is 4.12. The molecule has 2 aromatic carbocycles. The van der Waals surface area contributed by atoms with Crippen molar-refractivity contribution in [3.05, 3.63) is 65.7 Å². The number of nitrogens with one attached hydrogen (secondary N) is 2. The Morgan fingerprint density at radius 3 is 2.27 bits per heavy atom. The number of hydrogen-bond acceptors (Lipinski definition) is 4. The SMILES string of the molecule is CCC(NC(=O)CC(NC(C)=O)c1ccccc1)c1ccccc1OCC(=O)N1CCCC1. The van der Waals surface area contributed by atoms with Crippen molar-refractivity contribution in [1.82, 2.24) is 15.5 Å². The van der Waals surface area contributed by atoms with Crippen LogP contribution in [0.2, 0.25) is 0 Å². The van der Waals surface area contributed by atoms with E-state index in [-0.39, 0.29) is 36.8 Å². The normalized spacial score (nSPS) is 14.9. The summed E-state index contributed by atoms with van der Waals surface area (Å²) in [5.74, 6) is 0.219. The first-order valence-electron chi connectivity index (χ1n) is 11.6. The molecule has 1 fully saturated rings. The largest absolute Gasteiger partial charge is 0.483 e. The highest BCUT2D eigenvalue weighted by Gasteiger charge is 2.23. The molecule has 3 amide bonds. The van der Waals surface area contributed by atoms with Gasteiger partial charge in [-0.1, -0.05) is 55.5 Å². The highest BCUT2D eigenvalue weighted by atomic mass is 16.5. The first kappa shape index (κ1) is 24.3. The molecule has 33 heavy (non-hydrogen) atoms. The quantitative estimate of drug-likeness (QED) is 0.579. The number of likely N-dealkylation sites (tertiary alicyclic amines) is 1. The number of hydrogen-bond donors (Lipinski definition) is 2. The van der Waals surface area contributed by atoms with Gasteiger partial charge in [-0.15, -0.1) is 0 Å². The molecule has 2 N–H and O–H groups in total. The molecule has 0 spiro atoms. The predicted molar refractivity (Wildman–Crippen MR) is 127 cm³/mol. The van der Waals surface area contributed by atoms with Crippen molar-refractivity contribution in [2.45, 2.75) is 51.6 Å². The Labute approximate surface area is 195 Å². The lowest BCUT2D eigenvalue weighted by molar-refractivity contribution is -0.132. The molecule has 1 heterocycles. The smallest absolute Gasteiger partial charge is 0.260 e. The Bertz CT molecular complexity index is 942. The molecule has 176 valence electrons. The molecule has 0 aromatic heterocycles. The first-order valence-corrected chi connectivity index (χ1v) is 11.6. The third-order valence-corrected chi connectivity index (χ3v) is 5.82. The average molecular weight is 452 g/mol. The molecule has 1 saturated heterocycles. The Kier molecular flexibility index (Phi) is 8.87. The Balaban J connectivity index is 1.66. The highest BCUT2D eigenvalue weighted by Crippen LogP contribution is 2.28. The molecule has 2 unspecified atom stereocenters. The number of carbonyl (C=O) groups excluding carboxylic acids is 3. The third kappa shape index (κ3) is 7.07. The maximum Gasteiger partial charge on any atom is 0.260 e. The lowest BCUT2D eigenvalue weighted by atomic mass is 10.0. The van der Waals surface area contributed by atoms with E-state index >= 15 is 0 Å². The summed E-state index contributed by atoms with van der Waals surface area (Å²) in [5.41, 5.74) is 1.71. The molecule has 2 aromatic rings. The molecule has 7 heteroatoms. The van der Waals surface area contributed by atoms with E-state index in [0.717, 1.165) is 37.1 Å². The zero-order valence-electron chi connectivity index (χ0n) is 19.4. The molecule has 1 aliphatic heterocycles. The summed E-state index contributed by atoms with van der Waals surface area (Å²) in [4.78, 5) is 38.8. The van der Waals surface area contributed by atoms with Gasteiger partial charge in [-0.3, -0.25) is 14.4 Å². The van der Waals surface area contributed by atoms with Crippen LogP contribution in [0.5, 0.6) is 5.75 Å². The van der Waals surface area contributed by atoms with Gasteiger partial charge >= 0.3 is 0 Å². The second kappa shape index (κ2) is 12.0. The van der Waals surface area contributed by atoms with Crippen molar-refractivity contribution in [3.8, 4) is 5.75 Å². The molecule has 2 atom stereocenters. The van der Waals surface area contributed by atoms with E-state index in [4.69, 9.17) is 4.74 Å². The van der Waals surface area contributed by atoms with Crippen LogP contribution in [-0.2, 0) is 14.4 Å². The van der Waals surface area contributed by atoms with E-state index in [0.29, 0.717) is 12.2 Å². The number of rotatable bonds is 10. The van der Waals surface area contributed by atoms with Crippen LogP contribution in [0.25, 0.3) is 0 Å². The molecule has 0 radical (unpaired) electrons. The summed E-state index contributed by atoms with van der Waals surface area (Å²) in [6.07, 6.45) is 2.85.